The van der Waals surface area contributed by atoms with Gasteiger partial charge in [0.1, 0.15) is 0 Å². The molecule has 0 spiro atoms. The Morgan fingerprint density at radius 2 is 1.64 bits per heavy atom. The Hall–Kier alpha value is -2.65. The van der Waals surface area contributed by atoms with Crippen molar-refractivity contribution in [2.24, 2.45) is 0 Å². The van der Waals surface area contributed by atoms with Crippen molar-refractivity contribution in [3.05, 3.63) is 83.9 Å². The van der Waals surface area contributed by atoms with Crippen LogP contribution < -0.4 is 0 Å². The van der Waals surface area contributed by atoms with E-state index in [-0.39, 0.29) is 11.8 Å². The van der Waals surface area contributed by atoms with Crippen LogP contribution in [0.25, 0.3) is 10.8 Å². The highest BCUT2D eigenvalue weighted by molar-refractivity contribution is 5.94. The van der Waals surface area contributed by atoms with Gasteiger partial charge in [0.15, 0.2) is 0 Å². The molecule has 3 aromatic rings. The Labute approximate surface area is 147 Å². The number of rotatable bonds is 2. The number of aliphatic hydroxyl groups excluding tert-OH is 1. The summed E-state index contributed by atoms with van der Waals surface area (Å²) in [5.74, 6) is 0.0704. The molecule has 3 heteroatoms. The Morgan fingerprint density at radius 3 is 2.40 bits per heavy atom. The second-order valence-electron chi connectivity index (χ2n) is 6.69. The standard InChI is InChI=1S/C22H21NO2/c24-21-15-23(22(25)17-7-2-1-3-8-17)13-12-20(21)19-11-10-16-6-4-5-9-18(16)14-19/h1-11,14,20-21,24H,12-13,15H2/t20-,21+/m0/s1. The number of carbonyl (C=O) groups excluding carboxylic acids is 1. The molecule has 0 bridgehead atoms. The lowest BCUT2D eigenvalue weighted by atomic mass is 9.86. The van der Waals surface area contributed by atoms with Crippen molar-refractivity contribution in [3.8, 4) is 0 Å². The molecule has 1 fully saturated rings. The van der Waals surface area contributed by atoms with Crippen molar-refractivity contribution >= 4 is 16.7 Å². The maximum absolute atomic E-state index is 12.6. The third-order valence-corrected chi connectivity index (χ3v) is 5.09. The van der Waals surface area contributed by atoms with Gasteiger partial charge in [-0.1, -0.05) is 60.7 Å². The average Bonchev–Trinajstić information content (AvgIpc) is 2.67. The van der Waals surface area contributed by atoms with E-state index >= 15 is 0 Å². The largest absolute Gasteiger partial charge is 0.391 e. The predicted molar refractivity (Wildman–Crippen MR) is 99.7 cm³/mol. The third kappa shape index (κ3) is 3.15. The summed E-state index contributed by atoms with van der Waals surface area (Å²) in [6, 6.07) is 23.9. The van der Waals surface area contributed by atoms with Crippen LogP contribution in [0.5, 0.6) is 0 Å². The van der Waals surface area contributed by atoms with E-state index in [1.54, 1.807) is 4.90 Å². The zero-order valence-electron chi connectivity index (χ0n) is 14.0. The van der Waals surface area contributed by atoms with Crippen molar-refractivity contribution in [1.82, 2.24) is 4.90 Å². The fraction of sp³-hybridized carbons (Fsp3) is 0.227. The van der Waals surface area contributed by atoms with Gasteiger partial charge >= 0.3 is 0 Å². The highest BCUT2D eigenvalue weighted by atomic mass is 16.3. The van der Waals surface area contributed by atoms with Gasteiger partial charge in [0, 0.05) is 24.6 Å². The Bertz CT molecular complexity index is 891. The molecule has 1 saturated heterocycles. The second kappa shape index (κ2) is 6.69. The zero-order valence-corrected chi connectivity index (χ0v) is 14.0. The Morgan fingerprint density at radius 1 is 0.920 bits per heavy atom. The van der Waals surface area contributed by atoms with Gasteiger partial charge in [-0.05, 0) is 34.9 Å². The number of piperidine rings is 1. The lowest BCUT2D eigenvalue weighted by Gasteiger charge is -2.36. The van der Waals surface area contributed by atoms with Crippen LogP contribution in [0.1, 0.15) is 28.3 Å². The minimum absolute atomic E-state index is 0.00314. The van der Waals surface area contributed by atoms with E-state index in [2.05, 4.69) is 30.3 Å². The van der Waals surface area contributed by atoms with Crippen molar-refractivity contribution < 1.29 is 9.90 Å². The first-order chi connectivity index (χ1) is 12.2. The Balaban J connectivity index is 1.52. The third-order valence-electron chi connectivity index (χ3n) is 5.09. The number of benzene rings is 3. The number of nitrogens with zero attached hydrogens (tertiary/aromatic N) is 1. The van der Waals surface area contributed by atoms with Crippen LogP contribution in [0.2, 0.25) is 0 Å². The molecule has 1 amide bonds. The molecule has 0 aliphatic carbocycles. The van der Waals surface area contributed by atoms with Crippen LogP contribution in [0.3, 0.4) is 0 Å². The van der Waals surface area contributed by atoms with Crippen molar-refractivity contribution in [2.45, 2.75) is 18.4 Å². The minimum atomic E-state index is -0.539. The van der Waals surface area contributed by atoms with Gasteiger partial charge in [-0.2, -0.15) is 0 Å². The molecule has 0 radical (unpaired) electrons. The van der Waals surface area contributed by atoms with Gasteiger partial charge in [-0.15, -0.1) is 0 Å². The maximum atomic E-state index is 12.6. The highest BCUT2D eigenvalue weighted by Gasteiger charge is 2.31. The molecular formula is C22H21NO2. The van der Waals surface area contributed by atoms with E-state index in [4.69, 9.17) is 0 Å². The molecule has 126 valence electrons. The number of amides is 1. The first-order valence-electron chi connectivity index (χ1n) is 8.73. The fourth-order valence-electron chi connectivity index (χ4n) is 3.71. The fourth-order valence-corrected chi connectivity index (χ4v) is 3.71. The van der Waals surface area contributed by atoms with Crippen LogP contribution in [-0.4, -0.2) is 35.1 Å². The number of β-amino-alcohol motifs (C(OH)–C–C–N with tert-alkyl or cyclic N) is 1. The highest BCUT2D eigenvalue weighted by Crippen LogP contribution is 2.31. The van der Waals surface area contributed by atoms with E-state index < -0.39 is 6.10 Å². The second-order valence-corrected chi connectivity index (χ2v) is 6.69. The van der Waals surface area contributed by atoms with Crippen LogP contribution in [0.15, 0.2) is 72.8 Å². The number of fused-ring (bicyclic) bond motifs is 1. The SMILES string of the molecule is O=C(c1ccccc1)N1CC[C@@H](c2ccc3ccccc3c2)[C@H](O)C1. The van der Waals surface area contributed by atoms with Crippen molar-refractivity contribution in [1.29, 1.82) is 0 Å². The molecule has 1 N–H and O–H groups in total. The van der Waals surface area contributed by atoms with Gasteiger partial charge in [-0.25, -0.2) is 0 Å². The van der Waals surface area contributed by atoms with E-state index in [0.29, 0.717) is 18.7 Å². The number of carbonyl (C=O) groups is 1. The topological polar surface area (TPSA) is 40.5 Å². The van der Waals surface area contributed by atoms with Gasteiger partial charge in [-0.3, -0.25) is 4.79 Å². The van der Waals surface area contributed by atoms with E-state index in [0.717, 1.165) is 12.0 Å². The lowest BCUT2D eigenvalue weighted by molar-refractivity contribution is 0.0382. The van der Waals surface area contributed by atoms with E-state index in [9.17, 15) is 9.90 Å². The van der Waals surface area contributed by atoms with Gasteiger partial charge in [0.2, 0.25) is 0 Å². The van der Waals surface area contributed by atoms with Gasteiger partial charge in [0.25, 0.3) is 5.91 Å². The molecule has 0 saturated carbocycles. The van der Waals surface area contributed by atoms with E-state index in [1.165, 1.54) is 10.8 Å². The molecule has 3 aromatic carbocycles. The van der Waals surface area contributed by atoms with Gasteiger partial charge < -0.3 is 10.0 Å². The van der Waals surface area contributed by atoms with Crippen LogP contribution in [0, 0.1) is 0 Å². The summed E-state index contributed by atoms with van der Waals surface area (Å²) in [5.41, 5.74) is 1.83. The predicted octanol–water partition coefficient (Wildman–Crippen LogP) is 3.83. The first kappa shape index (κ1) is 15.9. The lowest BCUT2D eigenvalue weighted by Crippen LogP contribution is -2.45. The summed E-state index contributed by atoms with van der Waals surface area (Å²) in [7, 11) is 0. The Kier molecular flexibility index (Phi) is 4.24. The molecule has 0 unspecified atom stereocenters. The van der Waals surface area contributed by atoms with Crippen LogP contribution >= 0.6 is 0 Å². The first-order valence-corrected chi connectivity index (χ1v) is 8.73. The minimum Gasteiger partial charge on any atom is -0.391 e. The molecule has 1 aliphatic rings. The molecule has 25 heavy (non-hydrogen) atoms. The molecule has 1 heterocycles. The monoisotopic (exact) mass is 331 g/mol. The summed E-state index contributed by atoms with van der Waals surface area (Å²) in [6.45, 7) is 1.05. The number of aliphatic hydroxyl groups is 1. The van der Waals surface area contributed by atoms with Crippen LogP contribution in [0.4, 0.5) is 0 Å². The molecule has 4 rings (SSSR count). The van der Waals surface area contributed by atoms with Crippen LogP contribution in [-0.2, 0) is 0 Å². The number of hydrogen-bond donors (Lipinski definition) is 1. The average molecular weight is 331 g/mol. The zero-order chi connectivity index (χ0) is 17.2. The molecule has 1 aliphatic heterocycles. The van der Waals surface area contributed by atoms with Crippen molar-refractivity contribution in [3.63, 3.8) is 0 Å². The summed E-state index contributed by atoms with van der Waals surface area (Å²) in [4.78, 5) is 14.3. The molecular weight excluding hydrogens is 310 g/mol. The van der Waals surface area contributed by atoms with E-state index in [1.807, 2.05) is 42.5 Å². The summed E-state index contributed by atoms with van der Waals surface area (Å²) < 4.78 is 0. The molecule has 3 nitrogen and oxygen atoms in total. The quantitative estimate of drug-likeness (QED) is 0.775. The maximum Gasteiger partial charge on any atom is 0.253 e. The van der Waals surface area contributed by atoms with Gasteiger partial charge in [0.05, 0.1) is 6.10 Å². The molecule has 0 aromatic heterocycles. The van der Waals surface area contributed by atoms with Crippen molar-refractivity contribution in [2.75, 3.05) is 13.1 Å². The summed E-state index contributed by atoms with van der Waals surface area (Å²) >= 11 is 0. The summed E-state index contributed by atoms with van der Waals surface area (Å²) in [6.07, 6.45) is 0.237. The number of hydrogen-bond acceptors (Lipinski definition) is 2. The normalized spacial score (nSPS) is 20.6. The number of likely N-dealkylation sites (tertiary alicyclic amines) is 1. The molecule has 2 atom stereocenters. The summed E-state index contributed by atoms with van der Waals surface area (Å²) in [5, 5.41) is 13.1. The smallest absolute Gasteiger partial charge is 0.253 e.